The molecule has 1 heterocycles. The van der Waals surface area contributed by atoms with Crippen LogP contribution in [0.3, 0.4) is 0 Å². The summed E-state index contributed by atoms with van der Waals surface area (Å²) in [7, 11) is 0. The number of hydrogen-bond acceptors (Lipinski definition) is 5. The van der Waals surface area contributed by atoms with Gasteiger partial charge in [-0.15, -0.1) is 0 Å². The topological polar surface area (TPSA) is 116 Å². The third-order valence-electron chi connectivity index (χ3n) is 3.79. The fourth-order valence-electron chi connectivity index (χ4n) is 2.30. The van der Waals surface area contributed by atoms with Gasteiger partial charge in [0, 0.05) is 5.56 Å². The van der Waals surface area contributed by atoms with Gasteiger partial charge in [0.2, 0.25) is 0 Å². The first kappa shape index (κ1) is 17.3. The van der Waals surface area contributed by atoms with Gasteiger partial charge in [0.15, 0.2) is 0 Å². The molecule has 1 aromatic heterocycles. The van der Waals surface area contributed by atoms with E-state index in [0.29, 0.717) is 12.2 Å². The standard InChI is InChI=1S/C18H18N4O2/c1-3-11(2)24-10-12-5-4-6-13(7-12)16-14(8-19)17(21)22-18(23)15(16)9-20/h4-7,11H,3,10H2,1-2H3,(H3,21,22,23). The summed E-state index contributed by atoms with van der Waals surface area (Å²) in [6.07, 6.45) is 1.04. The number of aromatic nitrogens is 1. The Bertz CT molecular complexity index is 887. The molecule has 122 valence electrons. The number of anilines is 1. The molecule has 0 radical (unpaired) electrons. The Morgan fingerprint density at radius 2 is 2.00 bits per heavy atom. The Morgan fingerprint density at radius 3 is 2.62 bits per heavy atom. The molecule has 1 unspecified atom stereocenters. The maximum absolute atomic E-state index is 12.0. The number of nitrogens with one attached hydrogen (secondary N) is 1. The van der Waals surface area contributed by atoms with Crippen molar-refractivity contribution in [3.63, 3.8) is 0 Å². The number of rotatable bonds is 5. The summed E-state index contributed by atoms with van der Waals surface area (Å²) in [6.45, 7) is 4.44. The Hall–Kier alpha value is -3.09. The third-order valence-corrected chi connectivity index (χ3v) is 3.79. The summed E-state index contributed by atoms with van der Waals surface area (Å²) in [5, 5.41) is 18.7. The van der Waals surface area contributed by atoms with E-state index in [4.69, 9.17) is 10.5 Å². The SMILES string of the molecule is CCC(C)OCc1cccc(-c2c(C#N)c(N)[nH]c(=O)c2C#N)c1. The van der Waals surface area contributed by atoms with Crippen molar-refractivity contribution in [3.05, 3.63) is 51.3 Å². The highest BCUT2D eigenvalue weighted by Crippen LogP contribution is 2.28. The molecule has 3 N–H and O–H groups in total. The average Bonchev–Trinajstić information content (AvgIpc) is 2.59. The van der Waals surface area contributed by atoms with Crippen molar-refractivity contribution in [1.82, 2.24) is 4.98 Å². The van der Waals surface area contributed by atoms with Gasteiger partial charge in [0.1, 0.15) is 29.1 Å². The van der Waals surface area contributed by atoms with E-state index in [-0.39, 0.29) is 28.6 Å². The fourth-order valence-corrected chi connectivity index (χ4v) is 2.30. The number of nitrogen functional groups attached to an aromatic ring is 1. The van der Waals surface area contributed by atoms with Gasteiger partial charge in [0.05, 0.1) is 12.7 Å². The van der Waals surface area contributed by atoms with Crippen LogP contribution >= 0.6 is 0 Å². The molecule has 0 spiro atoms. The molecule has 2 rings (SSSR count). The monoisotopic (exact) mass is 322 g/mol. The summed E-state index contributed by atoms with van der Waals surface area (Å²) in [6, 6.07) is 11.1. The van der Waals surface area contributed by atoms with Crippen LogP contribution in [0.4, 0.5) is 5.82 Å². The summed E-state index contributed by atoms with van der Waals surface area (Å²) in [5.74, 6) is -0.0437. The van der Waals surface area contributed by atoms with Crippen molar-refractivity contribution in [2.24, 2.45) is 0 Å². The zero-order chi connectivity index (χ0) is 17.7. The Morgan fingerprint density at radius 1 is 1.29 bits per heavy atom. The van der Waals surface area contributed by atoms with E-state index < -0.39 is 5.56 Å². The minimum atomic E-state index is -0.606. The Kier molecular flexibility index (Phi) is 5.36. The maximum atomic E-state index is 12.0. The second-order valence-corrected chi connectivity index (χ2v) is 5.45. The molecule has 0 aliphatic rings. The predicted octanol–water partition coefficient (Wildman–Crippen LogP) is 2.68. The molecular formula is C18H18N4O2. The molecule has 0 saturated heterocycles. The van der Waals surface area contributed by atoms with Gasteiger partial charge in [-0.05, 0) is 30.5 Å². The van der Waals surface area contributed by atoms with E-state index in [0.717, 1.165) is 12.0 Å². The van der Waals surface area contributed by atoms with Gasteiger partial charge >= 0.3 is 0 Å². The van der Waals surface area contributed by atoms with E-state index >= 15 is 0 Å². The number of nitrogens with zero attached hydrogens (tertiary/aromatic N) is 2. The van der Waals surface area contributed by atoms with Crippen LogP contribution in [0.15, 0.2) is 29.1 Å². The smallest absolute Gasteiger partial charge is 0.268 e. The van der Waals surface area contributed by atoms with E-state index in [9.17, 15) is 15.3 Å². The van der Waals surface area contributed by atoms with Crippen molar-refractivity contribution in [2.75, 3.05) is 5.73 Å². The van der Waals surface area contributed by atoms with Gasteiger partial charge in [0.25, 0.3) is 5.56 Å². The zero-order valence-corrected chi connectivity index (χ0v) is 13.6. The molecule has 0 bridgehead atoms. The minimum absolute atomic E-state index is 0.0437. The lowest BCUT2D eigenvalue weighted by Gasteiger charge is -2.13. The zero-order valence-electron chi connectivity index (χ0n) is 13.6. The predicted molar refractivity (Wildman–Crippen MR) is 90.9 cm³/mol. The first-order valence-electron chi connectivity index (χ1n) is 7.58. The number of nitrogens with two attached hydrogens (primary N) is 1. The lowest BCUT2D eigenvalue weighted by molar-refractivity contribution is 0.0509. The molecular weight excluding hydrogens is 304 g/mol. The van der Waals surface area contributed by atoms with Crippen molar-refractivity contribution >= 4 is 5.82 Å². The normalized spacial score (nSPS) is 11.5. The van der Waals surface area contributed by atoms with E-state index in [1.54, 1.807) is 18.2 Å². The van der Waals surface area contributed by atoms with Crippen molar-refractivity contribution < 1.29 is 4.74 Å². The van der Waals surface area contributed by atoms with Gasteiger partial charge in [-0.25, -0.2) is 0 Å². The summed E-state index contributed by atoms with van der Waals surface area (Å²) >= 11 is 0. The van der Waals surface area contributed by atoms with Gasteiger partial charge in [-0.2, -0.15) is 10.5 Å². The molecule has 0 amide bonds. The minimum Gasteiger partial charge on any atom is -0.384 e. The van der Waals surface area contributed by atoms with Crippen molar-refractivity contribution in [3.8, 4) is 23.3 Å². The fraction of sp³-hybridized carbons (Fsp3) is 0.278. The number of hydrogen-bond donors (Lipinski definition) is 2. The van der Waals surface area contributed by atoms with Crippen LogP contribution in [0.2, 0.25) is 0 Å². The van der Waals surface area contributed by atoms with Crippen LogP contribution in [-0.2, 0) is 11.3 Å². The molecule has 24 heavy (non-hydrogen) atoms. The number of benzene rings is 1. The van der Waals surface area contributed by atoms with Crippen LogP contribution in [0, 0.1) is 22.7 Å². The van der Waals surface area contributed by atoms with E-state index in [2.05, 4.69) is 4.98 Å². The molecule has 6 nitrogen and oxygen atoms in total. The average molecular weight is 322 g/mol. The highest BCUT2D eigenvalue weighted by atomic mass is 16.5. The molecule has 6 heteroatoms. The Balaban J connectivity index is 2.55. The van der Waals surface area contributed by atoms with Crippen molar-refractivity contribution in [1.29, 1.82) is 10.5 Å². The van der Waals surface area contributed by atoms with Crippen LogP contribution in [0.1, 0.15) is 37.0 Å². The van der Waals surface area contributed by atoms with Crippen LogP contribution < -0.4 is 11.3 Å². The van der Waals surface area contributed by atoms with Crippen LogP contribution in [0.25, 0.3) is 11.1 Å². The second-order valence-electron chi connectivity index (χ2n) is 5.45. The maximum Gasteiger partial charge on any atom is 0.268 e. The van der Waals surface area contributed by atoms with Gasteiger partial charge in [-0.3, -0.25) is 4.79 Å². The molecule has 1 atom stereocenters. The summed E-state index contributed by atoms with van der Waals surface area (Å²) in [4.78, 5) is 14.3. The van der Waals surface area contributed by atoms with Crippen molar-refractivity contribution in [2.45, 2.75) is 33.0 Å². The number of ether oxygens (including phenoxy) is 1. The quantitative estimate of drug-likeness (QED) is 0.878. The van der Waals surface area contributed by atoms with E-state index in [1.165, 1.54) is 0 Å². The summed E-state index contributed by atoms with van der Waals surface area (Å²) < 4.78 is 5.71. The number of pyridine rings is 1. The first-order valence-corrected chi connectivity index (χ1v) is 7.58. The largest absolute Gasteiger partial charge is 0.384 e. The number of H-pyrrole nitrogens is 1. The third kappa shape index (κ3) is 3.45. The van der Waals surface area contributed by atoms with E-state index in [1.807, 2.05) is 32.1 Å². The van der Waals surface area contributed by atoms with Crippen LogP contribution in [-0.4, -0.2) is 11.1 Å². The highest BCUT2D eigenvalue weighted by molar-refractivity contribution is 5.80. The number of nitriles is 2. The molecule has 2 aromatic rings. The molecule has 0 aliphatic heterocycles. The van der Waals surface area contributed by atoms with Crippen LogP contribution in [0.5, 0.6) is 0 Å². The second kappa shape index (κ2) is 7.45. The van der Waals surface area contributed by atoms with Gasteiger partial charge < -0.3 is 15.5 Å². The molecule has 0 aliphatic carbocycles. The first-order chi connectivity index (χ1) is 11.5. The highest BCUT2D eigenvalue weighted by Gasteiger charge is 2.18. The van der Waals surface area contributed by atoms with Gasteiger partial charge in [-0.1, -0.05) is 25.1 Å². The summed E-state index contributed by atoms with van der Waals surface area (Å²) in [5.41, 5.74) is 6.83. The number of aromatic amines is 1. The Labute approximate surface area is 140 Å². The lowest BCUT2D eigenvalue weighted by Crippen LogP contribution is -2.16. The molecule has 0 fully saturated rings. The molecule has 1 aromatic carbocycles. The lowest BCUT2D eigenvalue weighted by atomic mass is 9.95. The molecule has 0 saturated carbocycles.